The summed E-state index contributed by atoms with van der Waals surface area (Å²) in [6, 6.07) is 3.65. The maximum Gasteiger partial charge on any atom is 0.339 e. The summed E-state index contributed by atoms with van der Waals surface area (Å²) in [7, 11) is 1.26. The van der Waals surface area contributed by atoms with E-state index in [9.17, 15) is 4.79 Å². The Morgan fingerprint density at radius 3 is 2.89 bits per heavy atom. The molecule has 0 spiro atoms. The number of hydrogen-bond acceptors (Lipinski definition) is 4. The minimum atomic E-state index is -0.588. The van der Waals surface area contributed by atoms with Crippen LogP contribution in [0.5, 0.6) is 0 Å². The minimum absolute atomic E-state index is 0.144. The van der Waals surface area contributed by atoms with Gasteiger partial charge in [0.1, 0.15) is 0 Å². The number of rotatable bonds is 2. The lowest BCUT2D eigenvalue weighted by atomic mass is 10.1. The molecule has 1 heterocycles. The van der Waals surface area contributed by atoms with Crippen LogP contribution in [0.25, 0.3) is 21.3 Å². The van der Waals surface area contributed by atoms with Crippen molar-refractivity contribution < 1.29 is 9.53 Å². The number of carbonyl (C=O) groups excluding carboxylic acids is 1. The second-order valence-corrected chi connectivity index (χ2v) is 4.74. The van der Waals surface area contributed by atoms with Gasteiger partial charge in [0.15, 0.2) is 0 Å². The zero-order chi connectivity index (χ0) is 14.0. The predicted molar refractivity (Wildman–Crippen MR) is 74.3 cm³/mol. The number of aryl methyl sites for hydroxylation is 1. The van der Waals surface area contributed by atoms with Gasteiger partial charge in [0.2, 0.25) is 0 Å². The van der Waals surface area contributed by atoms with Crippen LogP contribution in [0.3, 0.4) is 0 Å². The van der Waals surface area contributed by atoms with Crippen LogP contribution in [0, 0.1) is 6.92 Å². The van der Waals surface area contributed by atoms with E-state index in [0.717, 1.165) is 10.0 Å². The van der Waals surface area contributed by atoms with Crippen LogP contribution >= 0.6 is 15.9 Å². The maximum absolute atomic E-state index is 11.7. The molecule has 0 radical (unpaired) electrons. The molecule has 1 aromatic heterocycles. The molecule has 0 aliphatic heterocycles. The molecule has 0 fully saturated rings. The Hall–Kier alpha value is -2.11. The molecular formula is C12H9BrN4O2. The van der Waals surface area contributed by atoms with Crippen molar-refractivity contribution in [1.29, 1.82) is 0 Å². The van der Waals surface area contributed by atoms with Crippen LogP contribution in [0.1, 0.15) is 15.9 Å². The molecule has 2 aromatic rings. The van der Waals surface area contributed by atoms with Crippen LogP contribution in [0.15, 0.2) is 27.9 Å². The Labute approximate surface area is 117 Å². The lowest BCUT2D eigenvalue weighted by Gasteiger charge is -2.09. The van der Waals surface area contributed by atoms with Crippen molar-refractivity contribution in [2.75, 3.05) is 7.11 Å². The highest BCUT2D eigenvalue weighted by Gasteiger charge is 2.16. The van der Waals surface area contributed by atoms with Crippen LogP contribution in [-0.4, -0.2) is 18.1 Å². The van der Waals surface area contributed by atoms with Gasteiger partial charge in [-0.15, -0.1) is 0 Å². The number of esters is 1. The van der Waals surface area contributed by atoms with Crippen LogP contribution in [0.2, 0.25) is 0 Å². The van der Waals surface area contributed by atoms with Gasteiger partial charge in [-0.1, -0.05) is 21.0 Å². The van der Waals surface area contributed by atoms with Crippen molar-refractivity contribution in [1.82, 2.24) is 4.98 Å². The van der Waals surface area contributed by atoms with Crippen molar-refractivity contribution in [3.8, 4) is 0 Å². The summed E-state index contributed by atoms with van der Waals surface area (Å²) in [5.74, 6) is -0.588. The van der Waals surface area contributed by atoms with E-state index in [1.54, 1.807) is 6.07 Å². The number of fused-ring (bicyclic) bond motifs is 1. The summed E-state index contributed by atoms with van der Waals surface area (Å²) in [5.41, 5.74) is 10.6. The number of azide groups is 1. The summed E-state index contributed by atoms with van der Waals surface area (Å²) in [6.45, 7) is 1.89. The van der Waals surface area contributed by atoms with E-state index >= 15 is 0 Å². The van der Waals surface area contributed by atoms with E-state index in [1.807, 2.05) is 13.0 Å². The molecule has 0 bridgehead atoms. The fourth-order valence-corrected chi connectivity index (χ4v) is 2.41. The SMILES string of the molecule is COC(=O)c1cnc2c(C)cc(Br)cc2c1N=[N+]=[N-]. The summed E-state index contributed by atoms with van der Waals surface area (Å²) in [5, 5.41) is 4.21. The first-order valence-electron chi connectivity index (χ1n) is 5.30. The fraction of sp³-hybridized carbons (Fsp3) is 0.167. The summed E-state index contributed by atoms with van der Waals surface area (Å²) >= 11 is 3.37. The predicted octanol–water partition coefficient (Wildman–Crippen LogP) is 4.03. The number of carbonyl (C=O) groups is 1. The molecule has 0 amide bonds. The molecule has 2 rings (SSSR count). The molecule has 0 atom stereocenters. The number of ether oxygens (including phenoxy) is 1. The third-order valence-electron chi connectivity index (χ3n) is 2.65. The molecule has 0 aliphatic carbocycles. The highest BCUT2D eigenvalue weighted by atomic mass is 79.9. The quantitative estimate of drug-likeness (QED) is 0.362. The van der Waals surface area contributed by atoms with Crippen LogP contribution in [0.4, 0.5) is 5.69 Å². The zero-order valence-electron chi connectivity index (χ0n) is 10.2. The van der Waals surface area contributed by atoms with Crippen molar-refractivity contribution in [3.63, 3.8) is 0 Å². The largest absolute Gasteiger partial charge is 0.465 e. The summed E-state index contributed by atoms with van der Waals surface area (Å²) in [6.07, 6.45) is 1.36. The second kappa shape index (κ2) is 5.26. The van der Waals surface area contributed by atoms with Gasteiger partial charge in [-0.25, -0.2) is 4.79 Å². The van der Waals surface area contributed by atoms with Gasteiger partial charge in [0.05, 0.1) is 23.9 Å². The Morgan fingerprint density at radius 2 is 2.26 bits per heavy atom. The summed E-state index contributed by atoms with van der Waals surface area (Å²) < 4.78 is 5.47. The molecule has 0 N–H and O–H groups in total. The maximum atomic E-state index is 11.7. The van der Waals surface area contributed by atoms with Crippen LogP contribution < -0.4 is 0 Å². The number of halogens is 1. The third-order valence-corrected chi connectivity index (χ3v) is 3.11. The molecular weight excluding hydrogens is 312 g/mol. The van der Waals surface area contributed by atoms with E-state index < -0.39 is 5.97 Å². The number of methoxy groups -OCH3 is 1. The van der Waals surface area contributed by atoms with E-state index in [2.05, 4.69) is 35.7 Å². The Morgan fingerprint density at radius 1 is 1.53 bits per heavy atom. The molecule has 96 valence electrons. The second-order valence-electron chi connectivity index (χ2n) is 3.82. The Kier molecular flexibility index (Phi) is 3.69. The van der Waals surface area contributed by atoms with Crippen molar-refractivity contribution in [3.05, 3.63) is 44.4 Å². The van der Waals surface area contributed by atoms with Gasteiger partial charge in [0.25, 0.3) is 0 Å². The van der Waals surface area contributed by atoms with E-state index in [4.69, 9.17) is 5.53 Å². The van der Waals surface area contributed by atoms with E-state index in [-0.39, 0.29) is 11.3 Å². The van der Waals surface area contributed by atoms with Gasteiger partial charge >= 0.3 is 5.97 Å². The van der Waals surface area contributed by atoms with Crippen molar-refractivity contribution >= 4 is 38.5 Å². The Balaban J connectivity index is 2.91. The number of nitrogens with zero attached hydrogens (tertiary/aromatic N) is 4. The van der Waals surface area contributed by atoms with Gasteiger partial charge < -0.3 is 4.74 Å². The van der Waals surface area contributed by atoms with Crippen LogP contribution in [-0.2, 0) is 4.74 Å². The lowest BCUT2D eigenvalue weighted by molar-refractivity contribution is 0.0601. The normalized spacial score (nSPS) is 10.1. The highest BCUT2D eigenvalue weighted by molar-refractivity contribution is 9.10. The zero-order valence-corrected chi connectivity index (χ0v) is 11.8. The number of pyridine rings is 1. The van der Waals surface area contributed by atoms with Gasteiger partial charge in [0, 0.05) is 21.0 Å². The smallest absolute Gasteiger partial charge is 0.339 e. The topological polar surface area (TPSA) is 88.0 Å². The molecule has 0 aliphatic rings. The molecule has 0 saturated carbocycles. The summed E-state index contributed by atoms with van der Waals surface area (Å²) in [4.78, 5) is 18.7. The minimum Gasteiger partial charge on any atom is -0.465 e. The average Bonchev–Trinajstić information content (AvgIpc) is 2.38. The monoisotopic (exact) mass is 320 g/mol. The van der Waals surface area contributed by atoms with Gasteiger partial charge in [-0.05, 0) is 30.2 Å². The third kappa shape index (κ3) is 2.38. The molecule has 19 heavy (non-hydrogen) atoms. The van der Waals surface area contributed by atoms with Crippen molar-refractivity contribution in [2.24, 2.45) is 5.11 Å². The average molecular weight is 321 g/mol. The van der Waals surface area contributed by atoms with Crippen molar-refractivity contribution in [2.45, 2.75) is 6.92 Å². The molecule has 7 heteroatoms. The lowest BCUT2D eigenvalue weighted by Crippen LogP contribution is -2.03. The van der Waals surface area contributed by atoms with Gasteiger partial charge in [-0.3, -0.25) is 4.98 Å². The van der Waals surface area contributed by atoms with Gasteiger partial charge in [-0.2, -0.15) is 0 Å². The first-order valence-corrected chi connectivity index (χ1v) is 6.10. The highest BCUT2D eigenvalue weighted by Crippen LogP contribution is 2.33. The number of benzene rings is 1. The molecule has 0 saturated heterocycles. The number of hydrogen-bond donors (Lipinski definition) is 0. The first-order chi connectivity index (χ1) is 9.08. The van der Waals surface area contributed by atoms with E-state index in [0.29, 0.717) is 10.9 Å². The standard InChI is InChI=1S/C12H9BrN4O2/c1-6-3-7(13)4-8-10(6)15-5-9(12(18)19-2)11(8)16-17-14/h3-5H,1-2H3. The molecule has 6 nitrogen and oxygen atoms in total. The molecule has 0 unspecified atom stereocenters. The fourth-order valence-electron chi connectivity index (χ4n) is 1.83. The van der Waals surface area contributed by atoms with E-state index in [1.165, 1.54) is 13.3 Å². The molecule has 1 aromatic carbocycles. The number of aromatic nitrogens is 1. The first kappa shape index (κ1) is 13.3. The Bertz CT molecular complexity index is 723.